The molecule has 202 valence electrons. The second kappa shape index (κ2) is 10.9. The smallest absolute Gasteiger partial charge is 0.259 e. The number of piperidine rings is 1. The minimum atomic E-state index is -0.162. The van der Waals surface area contributed by atoms with E-state index in [2.05, 4.69) is 70.6 Å². The monoisotopic (exact) mass is 549 g/mol. The summed E-state index contributed by atoms with van der Waals surface area (Å²) in [6.07, 6.45) is 4.13. The minimum absolute atomic E-state index is 0.162. The topological polar surface area (TPSA) is 63.1 Å². The van der Waals surface area contributed by atoms with Crippen molar-refractivity contribution in [3.8, 4) is 22.3 Å². The number of pyridine rings is 1. The largest absolute Gasteiger partial charge is 0.324 e. The summed E-state index contributed by atoms with van der Waals surface area (Å²) in [7, 11) is 3.92. The SMILES string of the molecule is Cc1ccccc1-c1ccc(-c2cc3cnc(Nc4ccc(C5CCN(C)CC5)cc4)nc3n(C)c2=O)c(Cl)c1. The summed E-state index contributed by atoms with van der Waals surface area (Å²) in [6, 6.07) is 24.4. The number of fused-ring (bicyclic) bond motifs is 1. The van der Waals surface area contributed by atoms with Crippen LogP contribution in [0.5, 0.6) is 0 Å². The molecular formula is C33H32ClN5O. The third-order valence-corrected chi connectivity index (χ3v) is 8.33. The molecule has 0 unspecified atom stereocenters. The Bertz CT molecular complexity index is 1750. The van der Waals surface area contributed by atoms with Gasteiger partial charge >= 0.3 is 0 Å². The molecule has 1 aliphatic rings. The number of hydrogen-bond donors (Lipinski definition) is 1. The van der Waals surface area contributed by atoms with Crippen LogP contribution >= 0.6 is 11.6 Å². The quantitative estimate of drug-likeness (QED) is 0.251. The first-order chi connectivity index (χ1) is 19.4. The van der Waals surface area contributed by atoms with E-state index in [1.807, 2.05) is 36.4 Å². The molecule has 0 saturated carbocycles. The maximum atomic E-state index is 13.4. The molecule has 5 aromatic rings. The van der Waals surface area contributed by atoms with Crippen LogP contribution in [0.4, 0.5) is 11.6 Å². The lowest BCUT2D eigenvalue weighted by Gasteiger charge is -2.29. The van der Waals surface area contributed by atoms with Gasteiger partial charge in [-0.1, -0.05) is 60.1 Å². The van der Waals surface area contributed by atoms with Crippen molar-refractivity contribution in [1.29, 1.82) is 0 Å². The molecule has 1 fully saturated rings. The molecule has 0 bridgehead atoms. The lowest BCUT2D eigenvalue weighted by Crippen LogP contribution is -2.29. The zero-order valence-corrected chi connectivity index (χ0v) is 23.7. The second-order valence-corrected chi connectivity index (χ2v) is 11.1. The molecule has 0 amide bonds. The highest BCUT2D eigenvalue weighted by Gasteiger charge is 2.18. The Labute approximate surface area is 239 Å². The van der Waals surface area contributed by atoms with Gasteiger partial charge in [-0.15, -0.1) is 0 Å². The van der Waals surface area contributed by atoms with E-state index in [1.54, 1.807) is 17.8 Å². The van der Waals surface area contributed by atoms with Gasteiger partial charge in [0.05, 0.1) is 0 Å². The van der Waals surface area contributed by atoms with Gasteiger partial charge in [-0.05, 0) is 92.3 Å². The van der Waals surface area contributed by atoms with Crippen molar-refractivity contribution in [3.63, 3.8) is 0 Å². The molecule has 2 aromatic heterocycles. The Kier molecular flexibility index (Phi) is 7.13. The number of aryl methyl sites for hydroxylation is 2. The highest BCUT2D eigenvalue weighted by Crippen LogP contribution is 2.33. The summed E-state index contributed by atoms with van der Waals surface area (Å²) in [5, 5.41) is 4.59. The van der Waals surface area contributed by atoms with Gasteiger partial charge in [0.2, 0.25) is 5.95 Å². The number of likely N-dealkylation sites (tertiary alicyclic amines) is 1. The zero-order chi connectivity index (χ0) is 27.8. The summed E-state index contributed by atoms with van der Waals surface area (Å²) in [5.41, 5.74) is 7.19. The molecule has 1 saturated heterocycles. The maximum absolute atomic E-state index is 13.4. The number of halogens is 1. The minimum Gasteiger partial charge on any atom is -0.324 e. The van der Waals surface area contributed by atoms with E-state index in [4.69, 9.17) is 11.6 Å². The Morgan fingerprint density at radius 2 is 1.65 bits per heavy atom. The van der Waals surface area contributed by atoms with Gasteiger partial charge < -0.3 is 10.2 Å². The summed E-state index contributed by atoms with van der Waals surface area (Å²) in [4.78, 5) is 25.0. The molecule has 0 radical (unpaired) electrons. The molecule has 6 rings (SSSR count). The van der Waals surface area contributed by atoms with Crippen LogP contribution in [0.15, 0.2) is 83.8 Å². The standard InChI is InChI=1S/C33H32ClN5O/c1-21-6-4-5-7-27(21)24-10-13-28(30(34)19-24)29-18-25-20-35-33(37-31(25)39(3)32(29)40)36-26-11-8-22(9-12-26)23-14-16-38(2)17-15-23/h4-13,18-20,23H,14-17H2,1-3H3,(H,35,36,37). The van der Waals surface area contributed by atoms with E-state index < -0.39 is 0 Å². The van der Waals surface area contributed by atoms with Crippen molar-refractivity contribution in [2.24, 2.45) is 7.05 Å². The van der Waals surface area contributed by atoms with E-state index in [9.17, 15) is 4.79 Å². The molecule has 1 N–H and O–H groups in total. The van der Waals surface area contributed by atoms with Crippen molar-refractivity contribution >= 4 is 34.3 Å². The zero-order valence-electron chi connectivity index (χ0n) is 23.0. The number of nitrogens with one attached hydrogen (secondary N) is 1. The molecule has 40 heavy (non-hydrogen) atoms. The summed E-state index contributed by atoms with van der Waals surface area (Å²) in [5.74, 6) is 1.06. The van der Waals surface area contributed by atoms with E-state index in [-0.39, 0.29) is 5.56 Å². The predicted octanol–water partition coefficient (Wildman–Crippen LogP) is 7.18. The number of hydrogen-bond acceptors (Lipinski definition) is 5. The lowest BCUT2D eigenvalue weighted by atomic mass is 9.89. The van der Waals surface area contributed by atoms with Crippen molar-refractivity contribution in [3.05, 3.63) is 105 Å². The summed E-state index contributed by atoms with van der Waals surface area (Å²) in [6.45, 7) is 4.35. The van der Waals surface area contributed by atoms with Crippen molar-refractivity contribution in [2.45, 2.75) is 25.7 Å². The molecule has 0 atom stereocenters. The Morgan fingerprint density at radius 3 is 2.38 bits per heavy atom. The fraction of sp³-hybridized carbons (Fsp3) is 0.242. The molecule has 0 aliphatic carbocycles. The molecule has 0 spiro atoms. The first-order valence-electron chi connectivity index (χ1n) is 13.7. The van der Waals surface area contributed by atoms with Crippen LogP contribution in [0, 0.1) is 6.92 Å². The first-order valence-corrected chi connectivity index (χ1v) is 14.0. The second-order valence-electron chi connectivity index (χ2n) is 10.7. The van der Waals surface area contributed by atoms with Crippen LogP contribution in [-0.2, 0) is 7.05 Å². The fourth-order valence-corrected chi connectivity index (χ4v) is 5.89. The Balaban J connectivity index is 1.26. The molecular weight excluding hydrogens is 518 g/mol. The normalized spacial score (nSPS) is 14.5. The Hall–Kier alpha value is -4.00. The van der Waals surface area contributed by atoms with Crippen LogP contribution in [-0.4, -0.2) is 39.6 Å². The van der Waals surface area contributed by atoms with Crippen LogP contribution in [0.3, 0.4) is 0 Å². The summed E-state index contributed by atoms with van der Waals surface area (Å²) < 4.78 is 1.56. The third-order valence-electron chi connectivity index (χ3n) is 8.02. The molecule has 1 aliphatic heterocycles. The van der Waals surface area contributed by atoms with E-state index in [1.165, 1.54) is 24.0 Å². The van der Waals surface area contributed by atoms with Crippen LogP contribution in [0.25, 0.3) is 33.3 Å². The van der Waals surface area contributed by atoms with Crippen molar-refractivity contribution in [2.75, 3.05) is 25.5 Å². The highest BCUT2D eigenvalue weighted by atomic mass is 35.5. The molecule has 3 heterocycles. The molecule has 7 heteroatoms. The fourth-order valence-electron chi connectivity index (χ4n) is 5.61. The van der Waals surface area contributed by atoms with Crippen molar-refractivity contribution in [1.82, 2.24) is 19.4 Å². The third kappa shape index (κ3) is 5.12. The van der Waals surface area contributed by atoms with E-state index in [0.717, 1.165) is 35.3 Å². The van der Waals surface area contributed by atoms with E-state index >= 15 is 0 Å². The molecule has 6 nitrogen and oxygen atoms in total. The van der Waals surface area contributed by atoms with Gasteiger partial charge in [-0.3, -0.25) is 9.36 Å². The van der Waals surface area contributed by atoms with Gasteiger partial charge in [-0.2, -0.15) is 4.98 Å². The lowest BCUT2D eigenvalue weighted by molar-refractivity contribution is 0.255. The van der Waals surface area contributed by atoms with Crippen LogP contribution < -0.4 is 10.9 Å². The van der Waals surface area contributed by atoms with Crippen LogP contribution in [0.1, 0.15) is 29.9 Å². The van der Waals surface area contributed by atoms with Gasteiger partial charge in [0.1, 0.15) is 5.65 Å². The Morgan fingerprint density at radius 1 is 0.900 bits per heavy atom. The average Bonchev–Trinajstić information content (AvgIpc) is 2.96. The van der Waals surface area contributed by atoms with Gasteiger partial charge in [0.25, 0.3) is 5.56 Å². The number of rotatable bonds is 5. The van der Waals surface area contributed by atoms with Crippen LogP contribution in [0.2, 0.25) is 5.02 Å². The molecule has 3 aromatic carbocycles. The van der Waals surface area contributed by atoms with Gasteiger partial charge in [0.15, 0.2) is 0 Å². The van der Waals surface area contributed by atoms with Gasteiger partial charge in [-0.25, -0.2) is 4.98 Å². The number of anilines is 2. The van der Waals surface area contributed by atoms with E-state index in [0.29, 0.717) is 33.7 Å². The number of benzene rings is 3. The number of nitrogens with zero attached hydrogens (tertiary/aromatic N) is 4. The predicted molar refractivity (Wildman–Crippen MR) is 165 cm³/mol. The average molecular weight is 550 g/mol. The maximum Gasteiger partial charge on any atom is 0.259 e. The summed E-state index contributed by atoms with van der Waals surface area (Å²) >= 11 is 6.73. The number of aromatic nitrogens is 3. The highest BCUT2D eigenvalue weighted by molar-refractivity contribution is 6.33. The van der Waals surface area contributed by atoms with Crippen molar-refractivity contribution < 1.29 is 0 Å². The van der Waals surface area contributed by atoms with Gasteiger partial charge in [0, 0.05) is 40.5 Å². The first kappa shape index (κ1) is 26.2.